The Labute approximate surface area is 214 Å². The van der Waals surface area contributed by atoms with E-state index in [9.17, 15) is 22.4 Å². The zero-order valence-corrected chi connectivity index (χ0v) is 22.7. The highest BCUT2D eigenvalue weighted by molar-refractivity contribution is 7.92. The number of carbonyl (C=O) groups is 2. The van der Waals surface area contributed by atoms with Crippen LogP contribution in [-0.4, -0.2) is 50.5 Å². The molecule has 9 heteroatoms. The average Bonchev–Trinajstić information content (AvgIpc) is 2.82. The number of aryl methyl sites for hydroxylation is 2. The fourth-order valence-corrected chi connectivity index (χ4v) is 4.91. The second-order valence-electron chi connectivity index (χ2n) is 9.07. The second kappa shape index (κ2) is 13.4. The molecular formula is C27H38FN3O4S. The van der Waals surface area contributed by atoms with Crippen molar-refractivity contribution in [2.24, 2.45) is 0 Å². The highest BCUT2D eigenvalue weighted by atomic mass is 32.2. The number of hydrogen-bond donors (Lipinski definition) is 1. The van der Waals surface area contributed by atoms with E-state index < -0.39 is 16.1 Å². The number of anilines is 1. The van der Waals surface area contributed by atoms with Crippen LogP contribution in [0.5, 0.6) is 0 Å². The van der Waals surface area contributed by atoms with Gasteiger partial charge in [-0.05, 0) is 74.1 Å². The highest BCUT2D eigenvalue weighted by Gasteiger charge is 2.28. The maximum Gasteiger partial charge on any atom is 0.242 e. The van der Waals surface area contributed by atoms with E-state index in [1.54, 1.807) is 18.2 Å². The van der Waals surface area contributed by atoms with Crippen molar-refractivity contribution in [1.29, 1.82) is 0 Å². The molecule has 7 nitrogen and oxygen atoms in total. The Kier molecular flexibility index (Phi) is 10.9. The Bertz CT molecular complexity index is 1140. The van der Waals surface area contributed by atoms with E-state index in [2.05, 4.69) is 5.32 Å². The molecule has 198 valence electrons. The van der Waals surface area contributed by atoms with Gasteiger partial charge in [-0.1, -0.05) is 32.0 Å². The minimum atomic E-state index is -3.55. The largest absolute Gasteiger partial charge is 0.354 e. The fourth-order valence-electron chi connectivity index (χ4n) is 3.96. The summed E-state index contributed by atoms with van der Waals surface area (Å²) < 4.78 is 39.7. The quantitative estimate of drug-likeness (QED) is 0.427. The molecule has 0 radical (unpaired) electrons. The maximum atomic E-state index is 13.4. The molecule has 0 bridgehead atoms. The number of halogens is 1. The van der Waals surface area contributed by atoms with E-state index in [1.165, 1.54) is 21.3 Å². The van der Waals surface area contributed by atoms with Crippen molar-refractivity contribution in [3.05, 3.63) is 65.0 Å². The zero-order valence-electron chi connectivity index (χ0n) is 21.9. The minimum Gasteiger partial charge on any atom is -0.354 e. The van der Waals surface area contributed by atoms with Crippen molar-refractivity contribution >= 4 is 27.5 Å². The molecule has 1 atom stereocenters. The second-order valence-corrected chi connectivity index (χ2v) is 11.0. The molecule has 0 saturated heterocycles. The monoisotopic (exact) mass is 519 g/mol. The standard InChI is InChI=1S/C27H38FN3O4S/c1-6-16-29-27(33)25(7-2)30(19-22-11-13-23(28)14-12-22)26(32)9-8-17-31(36(5,34)35)24-15-10-20(3)21(4)18-24/h10-15,18,25H,6-9,16-17,19H2,1-5H3,(H,29,33)/t25-/m1/s1. The Balaban J connectivity index is 2.21. The topological polar surface area (TPSA) is 86.8 Å². The molecule has 0 aliphatic carbocycles. The molecule has 0 aliphatic rings. The van der Waals surface area contributed by atoms with E-state index in [-0.39, 0.29) is 43.6 Å². The van der Waals surface area contributed by atoms with Gasteiger partial charge in [0.2, 0.25) is 21.8 Å². The van der Waals surface area contributed by atoms with Crippen molar-refractivity contribution in [2.75, 3.05) is 23.7 Å². The van der Waals surface area contributed by atoms with Crippen molar-refractivity contribution < 1.29 is 22.4 Å². The summed E-state index contributed by atoms with van der Waals surface area (Å²) in [6, 6.07) is 10.6. The molecule has 2 amide bonds. The molecule has 0 unspecified atom stereocenters. The molecule has 2 aromatic rings. The Morgan fingerprint density at radius 3 is 2.25 bits per heavy atom. The summed E-state index contributed by atoms with van der Waals surface area (Å²) in [4.78, 5) is 27.7. The van der Waals surface area contributed by atoms with Gasteiger partial charge in [0.25, 0.3) is 0 Å². The van der Waals surface area contributed by atoms with E-state index in [4.69, 9.17) is 0 Å². The molecule has 2 rings (SSSR count). The van der Waals surface area contributed by atoms with E-state index >= 15 is 0 Å². The number of rotatable bonds is 13. The first-order chi connectivity index (χ1) is 17.0. The van der Waals surface area contributed by atoms with Crippen LogP contribution in [0.1, 0.15) is 56.2 Å². The van der Waals surface area contributed by atoms with Gasteiger partial charge in [-0.15, -0.1) is 0 Å². The summed E-state index contributed by atoms with van der Waals surface area (Å²) in [5.74, 6) is -0.870. The molecule has 0 saturated carbocycles. The summed E-state index contributed by atoms with van der Waals surface area (Å²) >= 11 is 0. The van der Waals surface area contributed by atoms with Gasteiger partial charge in [-0.2, -0.15) is 0 Å². The number of nitrogens with one attached hydrogen (secondary N) is 1. The molecule has 0 aliphatic heterocycles. The minimum absolute atomic E-state index is 0.0651. The molecule has 0 fully saturated rings. The van der Waals surface area contributed by atoms with Gasteiger partial charge in [-0.25, -0.2) is 12.8 Å². The number of hydrogen-bond acceptors (Lipinski definition) is 4. The van der Waals surface area contributed by atoms with Crippen molar-refractivity contribution in [3.63, 3.8) is 0 Å². The first kappa shape index (κ1) is 29.3. The molecule has 36 heavy (non-hydrogen) atoms. The molecule has 2 aromatic carbocycles. The lowest BCUT2D eigenvalue weighted by atomic mass is 10.1. The normalized spacial score (nSPS) is 12.2. The number of carbonyl (C=O) groups excluding carboxylic acids is 2. The first-order valence-corrected chi connectivity index (χ1v) is 14.2. The summed E-state index contributed by atoms with van der Waals surface area (Å²) in [7, 11) is -3.55. The van der Waals surface area contributed by atoms with Gasteiger partial charge in [0.1, 0.15) is 11.9 Å². The third-order valence-electron chi connectivity index (χ3n) is 6.13. The smallest absolute Gasteiger partial charge is 0.242 e. The summed E-state index contributed by atoms with van der Waals surface area (Å²) in [5.41, 5.74) is 3.30. The van der Waals surface area contributed by atoms with Crippen LogP contribution < -0.4 is 9.62 Å². The predicted octanol–water partition coefficient (Wildman–Crippen LogP) is 4.32. The zero-order chi connectivity index (χ0) is 26.9. The van der Waals surface area contributed by atoms with Gasteiger partial charge in [0.05, 0.1) is 11.9 Å². The Morgan fingerprint density at radius 2 is 1.69 bits per heavy atom. The van der Waals surface area contributed by atoms with Crippen LogP contribution in [0.3, 0.4) is 0 Å². The van der Waals surface area contributed by atoms with Crippen molar-refractivity contribution in [2.45, 2.75) is 66.0 Å². The average molecular weight is 520 g/mol. The van der Waals surface area contributed by atoms with Crippen LogP contribution in [0, 0.1) is 19.7 Å². The maximum absolute atomic E-state index is 13.4. The molecule has 0 aromatic heterocycles. The van der Waals surface area contributed by atoms with E-state index in [0.717, 1.165) is 23.8 Å². The number of nitrogens with zero attached hydrogens (tertiary/aromatic N) is 2. The van der Waals surface area contributed by atoms with Crippen molar-refractivity contribution in [3.8, 4) is 0 Å². The predicted molar refractivity (Wildman–Crippen MR) is 142 cm³/mol. The van der Waals surface area contributed by atoms with Crippen LogP contribution in [0.4, 0.5) is 10.1 Å². The van der Waals surface area contributed by atoms with Crippen LogP contribution in [0.25, 0.3) is 0 Å². The molecule has 1 N–H and O–H groups in total. The summed E-state index contributed by atoms with van der Waals surface area (Å²) in [6.45, 7) is 8.47. The SMILES string of the molecule is CCCNC(=O)[C@@H](CC)N(Cc1ccc(F)cc1)C(=O)CCCN(c1ccc(C)c(C)c1)S(C)(=O)=O. The third-order valence-corrected chi connectivity index (χ3v) is 7.33. The first-order valence-electron chi connectivity index (χ1n) is 12.3. The number of benzene rings is 2. The van der Waals surface area contributed by atoms with Gasteiger partial charge in [-0.3, -0.25) is 13.9 Å². The summed E-state index contributed by atoms with van der Waals surface area (Å²) in [6.07, 6.45) is 2.69. The Hall–Kier alpha value is -2.94. The van der Waals surface area contributed by atoms with Crippen LogP contribution in [0.2, 0.25) is 0 Å². The van der Waals surface area contributed by atoms with Gasteiger partial charge < -0.3 is 10.2 Å². The van der Waals surface area contributed by atoms with Crippen LogP contribution in [-0.2, 0) is 26.2 Å². The van der Waals surface area contributed by atoms with Crippen LogP contribution >= 0.6 is 0 Å². The lowest BCUT2D eigenvalue weighted by Crippen LogP contribution is -2.49. The van der Waals surface area contributed by atoms with E-state index in [1.807, 2.05) is 39.8 Å². The van der Waals surface area contributed by atoms with E-state index in [0.29, 0.717) is 24.2 Å². The highest BCUT2D eigenvalue weighted by Crippen LogP contribution is 2.22. The fraction of sp³-hybridized carbons (Fsp3) is 0.481. The lowest BCUT2D eigenvalue weighted by Gasteiger charge is -2.31. The molecule has 0 spiro atoms. The Morgan fingerprint density at radius 1 is 1.03 bits per heavy atom. The summed E-state index contributed by atoms with van der Waals surface area (Å²) in [5, 5.41) is 2.86. The lowest BCUT2D eigenvalue weighted by molar-refractivity contribution is -0.141. The third kappa shape index (κ3) is 8.33. The van der Waals surface area contributed by atoms with Gasteiger partial charge >= 0.3 is 0 Å². The molecular weight excluding hydrogens is 481 g/mol. The molecule has 0 heterocycles. The van der Waals surface area contributed by atoms with Crippen molar-refractivity contribution in [1.82, 2.24) is 10.2 Å². The van der Waals surface area contributed by atoms with Crippen LogP contribution in [0.15, 0.2) is 42.5 Å². The number of sulfonamides is 1. The van der Waals surface area contributed by atoms with Gasteiger partial charge in [0, 0.05) is 26.1 Å². The van der Waals surface area contributed by atoms with Gasteiger partial charge in [0.15, 0.2) is 0 Å². The number of amides is 2.